The number of fused-ring (bicyclic) bond motifs is 1. The Labute approximate surface area is 210 Å². The number of nitrogens with one attached hydrogen (secondary N) is 2. The predicted octanol–water partition coefficient (Wildman–Crippen LogP) is 4.32. The van der Waals surface area contributed by atoms with E-state index in [9.17, 15) is 4.79 Å². The molecule has 5 rings (SSSR count). The Morgan fingerprint density at radius 3 is 3.00 bits per heavy atom. The van der Waals surface area contributed by atoms with Gasteiger partial charge in [-0.2, -0.15) is 0 Å². The van der Waals surface area contributed by atoms with Crippen molar-refractivity contribution in [1.29, 1.82) is 0 Å². The van der Waals surface area contributed by atoms with Gasteiger partial charge in [-0.3, -0.25) is 9.69 Å². The maximum atomic E-state index is 12.5. The number of amides is 1. The van der Waals surface area contributed by atoms with Crippen LogP contribution >= 0.6 is 0 Å². The minimum atomic E-state index is -0.237. The lowest BCUT2D eigenvalue weighted by Crippen LogP contribution is -2.32. The van der Waals surface area contributed by atoms with Gasteiger partial charge in [-0.25, -0.2) is 4.98 Å². The Morgan fingerprint density at radius 1 is 1.22 bits per heavy atom. The summed E-state index contributed by atoms with van der Waals surface area (Å²) in [5.41, 5.74) is 3.83. The van der Waals surface area contributed by atoms with E-state index >= 15 is 0 Å². The standard InChI is InChI=1S/C28H32N4O4/c1-34-22-7-4-6-20(14-22)17-32(12-11-21-15-29-25-10-3-2-9-24(21)25)18-27-31-26(19-36-27)28(33)30-16-23-8-5-13-35-23/h2-4,6-7,9-10,14-15,19,23,29H,5,8,11-13,16-18H2,1H3,(H,30,33). The van der Waals surface area contributed by atoms with Crippen LogP contribution in [0.1, 0.15) is 40.3 Å². The van der Waals surface area contributed by atoms with E-state index in [1.54, 1.807) is 7.11 Å². The van der Waals surface area contributed by atoms with Crippen molar-refractivity contribution < 1.29 is 18.7 Å². The highest BCUT2D eigenvalue weighted by atomic mass is 16.5. The van der Waals surface area contributed by atoms with E-state index in [0.717, 1.165) is 49.2 Å². The van der Waals surface area contributed by atoms with Gasteiger partial charge in [-0.1, -0.05) is 30.3 Å². The largest absolute Gasteiger partial charge is 0.497 e. The summed E-state index contributed by atoms with van der Waals surface area (Å²) < 4.78 is 16.7. The minimum Gasteiger partial charge on any atom is -0.497 e. The molecular formula is C28H32N4O4. The third-order valence-electron chi connectivity index (χ3n) is 6.57. The normalized spacial score (nSPS) is 15.6. The number of carbonyl (C=O) groups excluding carboxylic acids is 1. The molecule has 0 spiro atoms. The Balaban J connectivity index is 1.27. The number of methoxy groups -OCH3 is 1. The van der Waals surface area contributed by atoms with Crippen LogP contribution in [-0.4, -0.2) is 53.7 Å². The number of carbonyl (C=O) groups is 1. The SMILES string of the molecule is COc1cccc(CN(CCc2c[nH]c3ccccc23)Cc2nc(C(=O)NCC3CCCO3)co2)c1. The van der Waals surface area contributed by atoms with Gasteiger partial charge in [0.15, 0.2) is 5.69 Å². The second-order valence-corrected chi connectivity index (χ2v) is 9.14. The minimum absolute atomic E-state index is 0.0863. The summed E-state index contributed by atoms with van der Waals surface area (Å²) in [5.74, 6) is 1.10. The predicted molar refractivity (Wildman–Crippen MR) is 137 cm³/mol. The smallest absolute Gasteiger partial charge is 0.273 e. The second kappa shape index (κ2) is 11.4. The van der Waals surface area contributed by atoms with Crippen LogP contribution in [-0.2, 0) is 24.2 Å². The van der Waals surface area contributed by atoms with Gasteiger partial charge >= 0.3 is 0 Å². The summed E-state index contributed by atoms with van der Waals surface area (Å²) in [6, 6.07) is 16.4. The number of nitrogens with zero attached hydrogens (tertiary/aromatic N) is 2. The molecule has 1 atom stereocenters. The number of rotatable bonds is 11. The van der Waals surface area contributed by atoms with Gasteiger partial charge in [0, 0.05) is 43.3 Å². The molecule has 8 nitrogen and oxygen atoms in total. The molecule has 0 radical (unpaired) electrons. The fraction of sp³-hybridized carbons (Fsp3) is 0.357. The highest BCUT2D eigenvalue weighted by Crippen LogP contribution is 2.20. The molecule has 1 aliphatic rings. The number of aromatic amines is 1. The summed E-state index contributed by atoms with van der Waals surface area (Å²) >= 11 is 0. The van der Waals surface area contributed by atoms with Gasteiger partial charge in [-0.05, 0) is 48.6 Å². The molecule has 0 saturated carbocycles. The van der Waals surface area contributed by atoms with Crippen molar-refractivity contribution in [2.45, 2.75) is 38.5 Å². The monoisotopic (exact) mass is 488 g/mol. The molecule has 1 fully saturated rings. The topological polar surface area (TPSA) is 92.6 Å². The number of hydrogen-bond acceptors (Lipinski definition) is 6. The molecule has 8 heteroatoms. The third-order valence-corrected chi connectivity index (χ3v) is 6.57. The van der Waals surface area contributed by atoms with Crippen LogP contribution in [0, 0.1) is 0 Å². The number of hydrogen-bond donors (Lipinski definition) is 2. The van der Waals surface area contributed by atoms with E-state index in [1.165, 1.54) is 17.2 Å². The maximum absolute atomic E-state index is 12.5. The summed E-state index contributed by atoms with van der Waals surface area (Å²) in [6.07, 6.45) is 6.47. The van der Waals surface area contributed by atoms with Crippen molar-refractivity contribution >= 4 is 16.8 Å². The maximum Gasteiger partial charge on any atom is 0.273 e. The van der Waals surface area contributed by atoms with Crippen molar-refractivity contribution in [3.8, 4) is 5.75 Å². The molecular weight excluding hydrogens is 456 g/mol. The second-order valence-electron chi connectivity index (χ2n) is 9.14. The molecule has 1 saturated heterocycles. The number of para-hydroxylation sites is 1. The van der Waals surface area contributed by atoms with Crippen molar-refractivity contribution in [3.05, 3.63) is 83.7 Å². The zero-order chi connectivity index (χ0) is 24.7. The zero-order valence-electron chi connectivity index (χ0n) is 20.5. The molecule has 36 heavy (non-hydrogen) atoms. The summed E-state index contributed by atoms with van der Waals surface area (Å²) in [6.45, 7) is 3.23. The fourth-order valence-electron chi connectivity index (χ4n) is 4.64. The number of benzene rings is 2. The van der Waals surface area contributed by atoms with Crippen LogP contribution in [0.5, 0.6) is 5.75 Å². The number of oxazole rings is 1. The number of aromatic nitrogens is 2. The number of H-pyrrole nitrogens is 1. The van der Waals surface area contributed by atoms with E-state index in [0.29, 0.717) is 31.2 Å². The molecule has 1 unspecified atom stereocenters. The van der Waals surface area contributed by atoms with Gasteiger partial charge in [0.1, 0.15) is 12.0 Å². The van der Waals surface area contributed by atoms with E-state index in [4.69, 9.17) is 13.9 Å². The Hall–Kier alpha value is -3.62. The third kappa shape index (κ3) is 5.95. The average molecular weight is 489 g/mol. The molecule has 0 bridgehead atoms. The Bertz CT molecular complexity index is 1290. The van der Waals surface area contributed by atoms with Crippen LogP contribution in [0.2, 0.25) is 0 Å². The summed E-state index contributed by atoms with van der Waals surface area (Å²) in [5, 5.41) is 4.14. The van der Waals surface area contributed by atoms with E-state index < -0.39 is 0 Å². The van der Waals surface area contributed by atoms with Crippen molar-refractivity contribution in [2.75, 3.05) is 26.8 Å². The highest BCUT2D eigenvalue weighted by molar-refractivity contribution is 5.91. The van der Waals surface area contributed by atoms with Crippen LogP contribution < -0.4 is 10.1 Å². The van der Waals surface area contributed by atoms with Crippen LogP contribution in [0.4, 0.5) is 0 Å². The molecule has 1 aliphatic heterocycles. The lowest BCUT2D eigenvalue weighted by molar-refractivity contribution is 0.0853. The highest BCUT2D eigenvalue weighted by Gasteiger charge is 2.19. The first-order valence-electron chi connectivity index (χ1n) is 12.4. The Morgan fingerprint density at radius 2 is 2.14 bits per heavy atom. The summed E-state index contributed by atoms with van der Waals surface area (Å²) in [4.78, 5) is 22.7. The number of ether oxygens (including phenoxy) is 2. The van der Waals surface area contributed by atoms with E-state index in [1.807, 2.05) is 24.3 Å². The zero-order valence-corrected chi connectivity index (χ0v) is 20.5. The molecule has 2 aromatic heterocycles. The van der Waals surface area contributed by atoms with Crippen LogP contribution in [0.25, 0.3) is 10.9 Å². The molecule has 0 aliphatic carbocycles. The van der Waals surface area contributed by atoms with E-state index in [2.05, 4.69) is 50.6 Å². The first kappa shape index (κ1) is 24.1. The molecule has 2 N–H and O–H groups in total. The Kier molecular flexibility index (Phi) is 7.64. The van der Waals surface area contributed by atoms with Crippen molar-refractivity contribution in [3.63, 3.8) is 0 Å². The van der Waals surface area contributed by atoms with Crippen LogP contribution in [0.3, 0.4) is 0 Å². The van der Waals surface area contributed by atoms with Gasteiger partial charge < -0.3 is 24.2 Å². The van der Waals surface area contributed by atoms with Crippen molar-refractivity contribution in [1.82, 2.24) is 20.2 Å². The van der Waals surface area contributed by atoms with Gasteiger partial charge in [0.2, 0.25) is 5.89 Å². The molecule has 2 aromatic carbocycles. The molecule has 4 aromatic rings. The average Bonchev–Trinajstić information content (AvgIpc) is 3.67. The first-order valence-corrected chi connectivity index (χ1v) is 12.4. The molecule has 3 heterocycles. The molecule has 1 amide bonds. The lowest BCUT2D eigenvalue weighted by Gasteiger charge is -2.21. The van der Waals surface area contributed by atoms with E-state index in [-0.39, 0.29) is 12.0 Å². The molecule has 188 valence electrons. The quantitative estimate of drug-likeness (QED) is 0.327. The van der Waals surface area contributed by atoms with Crippen LogP contribution in [0.15, 0.2) is 65.4 Å². The fourth-order valence-corrected chi connectivity index (χ4v) is 4.64. The van der Waals surface area contributed by atoms with Gasteiger partial charge in [0.25, 0.3) is 5.91 Å². The first-order chi connectivity index (χ1) is 17.7. The van der Waals surface area contributed by atoms with Crippen molar-refractivity contribution in [2.24, 2.45) is 0 Å². The lowest BCUT2D eigenvalue weighted by atomic mass is 10.1. The summed E-state index contributed by atoms with van der Waals surface area (Å²) in [7, 11) is 1.67. The van der Waals surface area contributed by atoms with Gasteiger partial charge in [-0.15, -0.1) is 0 Å². The van der Waals surface area contributed by atoms with Gasteiger partial charge in [0.05, 0.1) is 19.8 Å².